The summed E-state index contributed by atoms with van der Waals surface area (Å²) < 4.78 is 7.62. The van der Waals surface area contributed by atoms with E-state index < -0.39 is 0 Å². The van der Waals surface area contributed by atoms with E-state index >= 15 is 0 Å². The fraction of sp³-hybridized carbons (Fsp3) is 0.0556. The van der Waals surface area contributed by atoms with E-state index in [-0.39, 0.29) is 12.2 Å². The second kappa shape index (κ2) is 5.80. The fourth-order valence-electron chi connectivity index (χ4n) is 2.59. The first kappa shape index (κ1) is 14.4. The van der Waals surface area contributed by atoms with Crippen molar-refractivity contribution in [2.45, 2.75) is 0 Å². The topological polar surface area (TPSA) is 67.4 Å². The third-order valence-electron chi connectivity index (χ3n) is 3.64. The molecule has 0 aliphatic heterocycles. The lowest BCUT2D eigenvalue weighted by Crippen LogP contribution is -2.22. The van der Waals surface area contributed by atoms with Gasteiger partial charge in [0.05, 0.1) is 15.6 Å². The molecule has 2 aromatic carbocycles. The van der Waals surface area contributed by atoms with Crippen LogP contribution in [0.4, 0.5) is 0 Å². The van der Waals surface area contributed by atoms with E-state index in [1.807, 2.05) is 48.5 Å². The number of thiazole rings is 1. The molecule has 4 rings (SSSR count). The monoisotopic (exact) mass is 333 g/mol. The number of benzene rings is 2. The highest BCUT2D eigenvalue weighted by atomic mass is 32.1. The molecular formula is C18H11N3O2S. The molecule has 2 heterocycles. The average Bonchev–Trinajstić information content (AvgIpc) is 3.11. The van der Waals surface area contributed by atoms with Crippen LogP contribution in [0.3, 0.4) is 0 Å². The number of hydrogen-bond acceptors (Lipinski definition) is 5. The molecule has 0 bridgehead atoms. The second-order valence-corrected chi connectivity index (χ2v) is 6.13. The molecule has 2 aromatic heterocycles. The summed E-state index contributed by atoms with van der Waals surface area (Å²) in [5, 5.41) is 8.68. The number of ether oxygens (including phenoxy) is 1. The third-order valence-corrected chi connectivity index (χ3v) is 4.61. The van der Waals surface area contributed by atoms with E-state index in [0.717, 1.165) is 16.6 Å². The zero-order valence-electron chi connectivity index (χ0n) is 12.5. The highest BCUT2D eigenvalue weighted by Gasteiger charge is 2.11. The summed E-state index contributed by atoms with van der Waals surface area (Å²) in [4.78, 5) is 17.9. The molecule has 6 heteroatoms. The Balaban J connectivity index is 1.92. The Morgan fingerprint density at radius 2 is 2.00 bits per heavy atom. The average molecular weight is 333 g/mol. The Kier molecular flexibility index (Phi) is 3.48. The Morgan fingerprint density at radius 1 is 1.21 bits per heavy atom. The van der Waals surface area contributed by atoms with Gasteiger partial charge in [-0.3, -0.25) is 4.79 Å². The highest BCUT2D eigenvalue weighted by Crippen LogP contribution is 2.19. The minimum absolute atomic E-state index is 0.0342. The van der Waals surface area contributed by atoms with Crippen molar-refractivity contribution in [3.63, 3.8) is 0 Å². The molecule has 0 aliphatic rings. The largest absolute Gasteiger partial charge is 0.478 e. The van der Waals surface area contributed by atoms with E-state index in [1.54, 1.807) is 16.5 Å². The van der Waals surface area contributed by atoms with Gasteiger partial charge < -0.3 is 4.74 Å². The first-order valence-corrected chi connectivity index (χ1v) is 8.10. The lowest BCUT2D eigenvalue weighted by Gasteiger charge is -2.04. The van der Waals surface area contributed by atoms with Gasteiger partial charge in [-0.2, -0.15) is 5.26 Å². The van der Waals surface area contributed by atoms with Crippen LogP contribution in [0, 0.1) is 11.3 Å². The van der Waals surface area contributed by atoms with Crippen LogP contribution in [0.15, 0.2) is 53.3 Å². The van der Waals surface area contributed by atoms with Crippen LogP contribution in [0.1, 0.15) is 5.56 Å². The summed E-state index contributed by atoms with van der Waals surface area (Å²) in [6.45, 7) is -0.0342. The molecular weight excluding hydrogens is 322 g/mol. The number of imidazole rings is 1. The summed E-state index contributed by atoms with van der Waals surface area (Å²) >= 11 is 1.34. The zero-order chi connectivity index (χ0) is 16.5. The number of fused-ring (bicyclic) bond motifs is 3. The summed E-state index contributed by atoms with van der Waals surface area (Å²) in [7, 11) is 0. The second-order valence-electron chi connectivity index (χ2n) is 5.12. The van der Waals surface area contributed by atoms with Crippen molar-refractivity contribution in [2.24, 2.45) is 0 Å². The molecule has 0 saturated carbocycles. The van der Waals surface area contributed by atoms with Crippen molar-refractivity contribution in [3.05, 3.63) is 69.0 Å². The van der Waals surface area contributed by atoms with Crippen molar-refractivity contribution in [1.82, 2.24) is 9.38 Å². The number of para-hydroxylation sites is 3. The van der Waals surface area contributed by atoms with Crippen LogP contribution in [-0.2, 0) is 0 Å². The van der Waals surface area contributed by atoms with Gasteiger partial charge in [0.2, 0.25) is 0 Å². The molecule has 4 aromatic rings. The Hall–Kier alpha value is -3.17. The van der Waals surface area contributed by atoms with Gasteiger partial charge in [-0.15, -0.1) is 0 Å². The van der Waals surface area contributed by atoms with Gasteiger partial charge in [0.25, 0.3) is 5.56 Å². The van der Waals surface area contributed by atoms with Gasteiger partial charge in [-0.05, 0) is 24.3 Å². The molecule has 0 radical (unpaired) electrons. The van der Waals surface area contributed by atoms with E-state index in [0.29, 0.717) is 15.2 Å². The van der Waals surface area contributed by atoms with Gasteiger partial charge in [0.1, 0.15) is 11.8 Å². The van der Waals surface area contributed by atoms with Crippen LogP contribution in [0.5, 0.6) is 5.75 Å². The summed E-state index contributed by atoms with van der Waals surface area (Å²) in [6.07, 6.45) is 1.78. The van der Waals surface area contributed by atoms with Crippen molar-refractivity contribution < 1.29 is 4.74 Å². The normalized spacial score (nSPS) is 11.9. The Labute approximate surface area is 140 Å². The van der Waals surface area contributed by atoms with Crippen LogP contribution in [0.25, 0.3) is 22.1 Å². The SMILES string of the molecule is N#CCOc1ccccc1C=c1sc2nc3ccccc3n2c1=O. The number of hydrogen-bond donors (Lipinski definition) is 0. The smallest absolute Gasteiger partial charge is 0.274 e. The minimum atomic E-state index is -0.0983. The number of nitriles is 1. The molecule has 0 fully saturated rings. The number of nitrogens with zero attached hydrogens (tertiary/aromatic N) is 3. The summed E-state index contributed by atoms with van der Waals surface area (Å²) in [5.41, 5.74) is 2.28. The van der Waals surface area contributed by atoms with E-state index in [4.69, 9.17) is 10.00 Å². The van der Waals surface area contributed by atoms with Crippen LogP contribution < -0.4 is 14.8 Å². The number of rotatable bonds is 3. The van der Waals surface area contributed by atoms with Gasteiger partial charge >= 0.3 is 0 Å². The van der Waals surface area contributed by atoms with Crippen molar-refractivity contribution in [2.75, 3.05) is 6.61 Å². The van der Waals surface area contributed by atoms with Crippen LogP contribution >= 0.6 is 11.3 Å². The third kappa shape index (κ3) is 2.32. The van der Waals surface area contributed by atoms with Gasteiger partial charge in [0, 0.05) is 5.56 Å². The van der Waals surface area contributed by atoms with E-state index in [9.17, 15) is 4.79 Å². The molecule has 0 N–H and O–H groups in total. The van der Waals surface area contributed by atoms with Crippen LogP contribution in [0.2, 0.25) is 0 Å². The maximum atomic E-state index is 12.7. The maximum Gasteiger partial charge on any atom is 0.274 e. The first-order chi connectivity index (χ1) is 11.8. The van der Waals surface area contributed by atoms with Gasteiger partial charge in [-0.25, -0.2) is 9.38 Å². The molecule has 5 nitrogen and oxygen atoms in total. The molecule has 0 saturated heterocycles. The Bertz CT molecular complexity index is 1200. The van der Waals surface area contributed by atoms with Crippen molar-refractivity contribution >= 4 is 33.4 Å². The fourth-order valence-corrected chi connectivity index (χ4v) is 3.57. The first-order valence-electron chi connectivity index (χ1n) is 7.28. The molecule has 116 valence electrons. The predicted molar refractivity (Wildman–Crippen MR) is 93.2 cm³/mol. The summed E-state index contributed by atoms with van der Waals surface area (Å²) in [5.74, 6) is 0.578. The molecule has 24 heavy (non-hydrogen) atoms. The van der Waals surface area contributed by atoms with Crippen molar-refractivity contribution in [3.8, 4) is 11.8 Å². The quantitative estimate of drug-likeness (QED) is 0.577. The molecule has 0 atom stereocenters. The van der Waals surface area contributed by atoms with Crippen LogP contribution in [-0.4, -0.2) is 16.0 Å². The van der Waals surface area contributed by atoms with E-state index in [1.165, 1.54) is 11.3 Å². The maximum absolute atomic E-state index is 12.7. The Morgan fingerprint density at radius 3 is 2.88 bits per heavy atom. The lowest BCUT2D eigenvalue weighted by molar-refractivity contribution is 0.367. The lowest BCUT2D eigenvalue weighted by atomic mass is 10.2. The molecule has 0 amide bonds. The van der Waals surface area contributed by atoms with Gasteiger partial charge in [-0.1, -0.05) is 41.7 Å². The summed E-state index contributed by atoms with van der Waals surface area (Å²) in [6, 6.07) is 16.8. The highest BCUT2D eigenvalue weighted by molar-refractivity contribution is 7.15. The van der Waals surface area contributed by atoms with Gasteiger partial charge in [0.15, 0.2) is 11.6 Å². The standard InChI is InChI=1S/C18H11N3O2S/c19-9-10-23-15-8-4-1-5-12(15)11-16-17(22)21-14-7-3-2-6-13(14)20-18(21)24-16/h1-8,11H,10H2. The molecule has 0 aliphatic carbocycles. The minimum Gasteiger partial charge on any atom is -0.478 e. The van der Waals surface area contributed by atoms with E-state index in [2.05, 4.69) is 4.98 Å². The number of aromatic nitrogens is 2. The van der Waals surface area contributed by atoms with Crippen molar-refractivity contribution in [1.29, 1.82) is 5.26 Å². The molecule has 0 spiro atoms. The molecule has 0 unspecified atom stereocenters. The predicted octanol–water partition coefficient (Wildman–Crippen LogP) is 2.36. The zero-order valence-corrected chi connectivity index (χ0v) is 13.3.